The summed E-state index contributed by atoms with van der Waals surface area (Å²) >= 11 is 1.48. The van der Waals surface area contributed by atoms with Crippen molar-refractivity contribution in [2.45, 2.75) is 0 Å². The van der Waals surface area contributed by atoms with E-state index in [9.17, 15) is 5.11 Å². The van der Waals surface area contributed by atoms with Crippen molar-refractivity contribution in [3.05, 3.63) is 41.8 Å². The van der Waals surface area contributed by atoms with Gasteiger partial charge in [0.1, 0.15) is 5.75 Å². The average Bonchev–Trinajstić information content (AvgIpc) is 3.07. The third-order valence-corrected chi connectivity index (χ3v) is 3.88. The Morgan fingerprint density at radius 1 is 1.25 bits per heavy atom. The largest absolute Gasteiger partial charge is 0.504 e. The van der Waals surface area contributed by atoms with Gasteiger partial charge >= 0.3 is 0 Å². The number of methoxy groups -OCH3 is 1. The molecule has 1 aromatic carbocycles. The number of nitrogen functional groups attached to an aromatic ring is 1. The molecule has 0 unspecified atom stereocenters. The first kappa shape index (κ1) is 12.6. The van der Waals surface area contributed by atoms with Crippen molar-refractivity contribution >= 4 is 17.2 Å². The maximum atomic E-state index is 10.4. The molecule has 0 spiro atoms. The third kappa shape index (κ3) is 2.02. The van der Waals surface area contributed by atoms with E-state index in [1.165, 1.54) is 11.3 Å². The number of benzene rings is 1. The molecule has 0 radical (unpaired) electrons. The molecule has 0 atom stereocenters. The quantitative estimate of drug-likeness (QED) is 0.764. The molecule has 0 fully saturated rings. The summed E-state index contributed by atoms with van der Waals surface area (Å²) in [6.45, 7) is 0. The molecule has 0 saturated carbocycles. The van der Waals surface area contributed by atoms with Crippen molar-refractivity contribution in [1.82, 2.24) is 0 Å². The Bertz CT molecular complexity index is 732. The Labute approximate surface area is 120 Å². The van der Waals surface area contributed by atoms with Gasteiger partial charge < -0.3 is 20.0 Å². The monoisotopic (exact) mass is 287 g/mol. The standard InChI is InChI=1S/C15H13NO3S/c1-18-10-5-2-4-9(8-10)12-13(17)14(19-15(12)16)11-6-3-7-20-11/h2-8,17H,16H2,1H3. The molecular weight excluding hydrogens is 274 g/mol. The number of ether oxygens (including phenoxy) is 1. The van der Waals surface area contributed by atoms with Crippen LogP contribution in [0.15, 0.2) is 46.2 Å². The lowest BCUT2D eigenvalue weighted by atomic mass is 10.1. The van der Waals surface area contributed by atoms with Crippen LogP contribution >= 0.6 is 11.3 Å². The molecule has 3 rings (SSSR count). The van der Waals surface area contributed by atoms with Gasteiger partial charge in [0, 0.05) is 0 Å². The van der Waals surface area contributed by atoms with Crippen molar-refractivity contribution in [1.29, 1.82) is 0 Å². The summed E-state index contributed by atoms with van der Waals surface area (Å²) in [7, 11) is 1.59. The van der Waals surface area contributed by atoms with Crippen molar-refractivity contribution in [3.63, 3.8) is 0 Å². The molecule has 4 nitrogen and oxygen atoms in total. The fraction of sp³-hybridized carbons (Fsp3) is 0.0667. The van der Waals surface area contributed by atoms with Crippen molar-refractivity contribution < 1.29 is 14.3 Å². The zero-order valence-electron chi connectivity index (χ0n) is 10.8. The van der Waals surface area contributed by atoms with Gasteiger partial charge in [-0.25, -0.2) is 0 Å². The highest BCUT2D eigenvalue weighted by molar-refractivity contribution is 7.13. The van der Waals surface area contributed by atoms with E-state index in [1.54, 1.807) is 13.2 Å². The normalized spacial score (nSPS) is 10.7. The molecule has 102 valence electrons. The minimum atomic E-state index is 0.0539. The van der Waals surface area contributed by atoms with Gasteiger partial charge in [-0.2, -0.15) is 0 Å². The molecule has 3 N–H and O–H groups in total. The molecule has 2 heterocycles. The lowest BCUT2D eigenvalue weighted by Gasteiger charge is -2.03. The molecule has 0 aliphatic rings. The van der Waals surface area contributed by atoms with Crippen molar-refractivity contribution in [2.24, 2.45) is 0 Å². The number of nitrogens with two attached hydrogens (primary N) is 1. The molecular formula is C15H13NO3S. The van der Waals surface area contributed by atoms with E-state index in [0.717, 1.165) is 10.4 Å². The number of furan rings is 1. The van der Waals surface area contributed by atoms with Gasteiger partial charge in [0.2, 0.25) is 5.88 Å². The van der Waals surface area contributed by atoms with E-state index >= 15 is 0 Å². The molecule has 0 bridgehead atoms. The number of aromatic hydroxyl groups is 1. The summed E-state index contributed by atoms with van der Waals surface area (Å²) in [5, 5.41) is 12.3. The fourth-order valence-electron chi connectivity index (χ4n) is 2.07. The summed E-state index contributed by atoms with van der Waals surface area (Å²) in [5.74, 6) is 1.34. The second-order valence-corrected chi connectivity index (χ2v) is 5.18. The number of anilines is 1. The highest BCUT2D eigenvalue weighted by atomic mass is 32.1. The second kappa shape index (κ2) is 4.94. The van der Waals surface area contributed by atoms with Crippen LogP contribution in [0.5, 0.6) is 11.5 Å². The maximum absolute atomic E-state index is 10.4. The van der Waals surface area contributed by atoms with Gasteiger partial charge in [0.25, 0.3) is 0 Å². The smallest absolute Gasteiger partial charge is 0.202 e. The van der Waals surface area contributed by atoms with Crippen LogP contribution in [0, 0.1) is 0 Å². The van der Waals surface area contributed by atoms with Gasteiger partial charge in [-0.15, -0.1) is 11.3 Å². The Morgan fingerprint density at radius 3 is 2.80 bits per heavy atom. The van der Waals surface area contributed by atoms with Crippen molar-refractivity contribution in [3.8, 4) is 33.3 Å². The van der Waals surface area contributed by atoms with Gasteiger partial charge in [0.15, 0.2) is 11.5 Å². The Hall–Kier alpha value is -2.40. The topological polar surface area (TPSA) is 68.6 Å². The number of hydrogen-bond donors (Lipinski definition) is 2. The minimum absolute atomic E-state index is 0.0539. The van der Waals surface area contributed by atoms with Crippen molar-refractivity contribution in [2.75, 3.05) is 12.8 Å². The summed E-state index contributed by atoms with van der Waals surface area (Å²) < 4.78 is 10.7. The first-order valence-electron chi connectivity index (χ1n) is 6.00. The molecule has 0 aliphatic heterocycles. The summed E-state index contributed by atoms with van der Waals surface area (Å²) in [6, 6.07) is 11.1. The number of rotatable bonds is 3. The van der Waals surface area contributed by atoms with E-state index in [1.807, 2.05) is 35.7 Å². The van der Waals surface area contributed by atoms with Crippen LogP contribution in [-0.4, -0.2) is 12.2 Å². The van der Waals surface area contributed by atoms with Crippen LogP contribution in [0.2, 0.25) is 0 Å². The molecule has 0 aliphatic carbocycles. The Kier molecular flexibility index (Phi) is 3.12. The van der Waals surface area contributed by atoms with Crippen LogP contribution < -0.4 is 10.5 Å². The predicted molar refractivity (Wildman–Crippen MR) is 80.1 cm³/mol. The van der Waals surface area contributed by atoms with Gasteiger partial charge in [-0.3, -0.25) is 0 Å². The third-order valence-electron chi connectivity index (χ3n) is 3.01. The second-order valence-electron chi connectivity index (χ2n) is 4.23. The molecule has 5 heteroatoms. The lowest BCUT2D eigenvalue weighted by Crippen LogP contribution is -1.87. The first-order valence-corrected chi connectivity index (χ1v) is 6.88. The van der Waals surface area contributed by atoms with Gasteiger partial charge in [0.05, 0.1) is 17.6 Å². The van der Waals surface area contributed by atoms with E-state index in [2.05, 4.69) is 0 Å². The van der Waals surface area contributed by atoms with Crippen LogP contribution in [0.25, 0.3) is 21.8 Å². The Balaban J connectivity index is 2.15. The van der Waals surface area contributed by atoms with Crippen LogP contribution in [0.3, 0.4) is 0 Å². The SMILES string of the molecule is COc1cccc(-c2c(N)oc(-c3cccs3)c2O)c1. The zero-order chi connectivity index (χ0) is 14.1. The Morgan fingerprint density at radius 2 is 2.10 bits per heavy atom. The molecule has 0 saturated heterocycles. The number of thiophene rings is 1. The molecule has 20 heavy (non-hydrogen) atoms. The average molecular weight is 287 g/mol. The minimum Gasteiger partial charge on any atom is -0.504 e. The van der Waals surface area contributed by atoms with Gasteiger partial charge in [-0.1, -0.05) is 18.2 Å². The van der Waals surface area contributed by atoms with E-state index in [-0.39, 0.29) is 11.6 Å². The number of hydrogen-bond acceptors (Lipinski definition) is 5. The van der Waals surface area contributed by atoms with Crippen LogP contribution in [0.4, 0.5) is 5.88 Å². The zero-order valence-corrected chi connectivity index (χ0v) is 11.6. The summed E-state index contributed by atoms with van der Waals surface area (Å²) in [4.78, 5) is 0.836. The predicted octanol–water partition coefficient (Wildman–Crippen LogP) is 3.97. The van der Waals surface area contributed by atoms with E-state index in [4.69, 9.17) is 14.9 Å². The molecule has 0 amide bonds. The fourth-order valence-corrected chi connectivity index (χ4v) is 2.78. The molecule has 3 aromatic rings. The highest BCUT2D eigenvalue weighted by Gasteiger charge is 2.21. The van der Waals surface area contributed by atoms with Gasteiger partial charge in [-0.05, 0) is 29.1 Å². The lowest BCUT2D eigenvalue weighted by molar-refractivity contribution is 0.415. The molecule has 2 aromatic heterocycles. The summed E-state index contributed by atoms with van der Waals surface area (Å²) in [5.41, 5.74) is 7.16. The van der Waals surface area contributed by atoms with Crippen LogP contribution in [0.1, 0.15) is 0 Å². The first-order chi connectivity index (χ1) is 9.70. The highest BCUT2D eigenvalue weighted by Crippen LogP contribution is 2.46. The maximum Gasteiger partial charge on any atom is 0.202 e. The van der Waals surface area contributed by atoms with E-state index in [0.29, 0.717) is 17.1 Å². The van der Waals surface area contributed by atoms with Crippen LogP contribution in [-0.2, 0) is 0 Å². The van der Waals surface area contributed by atoms with E-state index < -0.39 is 0 Å². The summed E-state index contributed by atoms with van der Waals surface area (Å²) in [6.07, 6.45) is 0.